The van der Waals surface area contributed by atoms with Crippen molar-refractivity contribution in [3.05, 3.63) is 24.3 Å². The predicted octanol–water partition coefficient (Wildman–Crippen LogP) is 1.15. The largest absolute Gasteiger partial charge is 0.447 e. The van der Waals surface area contributed by atoms with E-state index < -0.39 is 15.1 Å². The van der Waals surface area contributed by atoms with Crippen molar-refractivity contribution in [2.24, 2.45) is 0 Å². The second-order valence-corrected chi connectivity index (χ2v) is 5.51. The number of nitrogens with one attached hydrogen (secondary N) is 1. The summed E-state index contributed by atoms with van der Waals surface area (Å²) in [7, 11) is 1.35. The molecule has 94 valence electrons. The van der Waals surface area contributed by atoms with E-state index >= 15 is 0 Å². The van der Waals surface area contributed by atoms with Crippen molar-refractivity contribution in [1.82, 2.24) is 0 Å². The van der Waals surface area contributed by atoms with Crippen molar-refractivity contribution in [2.75, 3.05) is 18.5 Å². The Balaban J connectivity index is 2.66. The maximum absolute atomic E-state index is 11.1. The van der Waals surface area contributed by atoms with Crippen LogP contribution >= 0.6 is 10.7 Å². The van der Waals surface area contributed by atoms with Crippen molar-refractivity contribution in [3.63, 3.8) is 0 Å². The zero-order valence-corrected chi connectivity index (χ0v) is 10.2. The van der Waals surface area contributed by atoms with Crippen molar-refractivity contribution in [3.8, 4) is 0 Å². The van der Waals surface area contributed by atoms with E-state index in [1.165, 1.54) is 24.3 Å². The number of benzene rings is 1. The molecule has 1 aromatic carbocycles. The molecular weight excluding hydrogens is 270 g/mol. The number of ether oxygens (including phenoxy) is 1. The summed E-state index contributed by atoms with van der Waals surface area (Å²) in [5.41, 5.74) is 0.358. The van der Waals surface area contributed by atoms with Crippen molar-refractivity contribution in [1.29, 1.82) is 0 Å². The fourth-order valence-corrected chi connectivity index (χ4v) is 1.76. The highest BCUT2D eigenvalue weighted by molar-refractivity contribution is 8.13. The molecule has 1 aromatic rings. The smallest absolute Gasteiger partial charge is 0.411 e. The highest BCUT2D eigenvalue weighted by Gasteiger charge is 2.09. The molecule has 0 heterocycles. The van der Waals surface area contributed by atoms with Crippen LogP contribution in [0.15, 0.2) is 29.2 Å². The molecule has 0 bridgehead atoms. The molecule has 8 heteroatoms. The molecule has 2 N–H and O–H groups in total. The normalized spacial score (nSPS) is 10.9. The number of halogens is 1. The maximum atomic E-state index is 11.1. The molecule has 1 rings (SSSR count). The third-order valence-corrected chi connectivity index (χ3v) is 3.08. The van der Waals surface area contributed by atoms with Crippen LogP contribution in [0.5, 0.6) is 0 Å². The third-order valence-electron chi connectivity index (χ3n) is 1.71. The first-order chi connectivity index (χ1) is 7.93. The molecule has 0 aliphatic heterocycles. The summed E-state index contributed by atoms with van der Waals surface area (Å²) in [5, 5.41) is 10.8. The van der Waals surface area contributed by atoms with E-state index in [9.17, 15) is 13.2 Å². The van der Waals surface area contributed by atoms with E-state index in [4.69, 9.17) is 15.8 Å². The minimum Gasteiger partial charge on any atom is -0.447 e. The van der Waals surface area contributed by atoms with Gasteiger partial charge in [-0.25, -0.2) is 13.2 Å². The molecule has 0 aliphatic rings. The molecule has 17 heavy (non-hydrogen) atoms. The van der Waals surface area contributed by atoms with Crippen LogP contribution < -0.4 is 5.32 Å². The SMILES string of the molecule is O=C(Nc1ccc(S(=O)(=O)Cl)cc1)OCCO. The number of hydrogen-bond donors (Lipinski definition) is 2. The number of amides is 1. The Morgan fingerprint density at radius 3 is 2.41 bits per heavy atom. The lowest BCUT2D eigenvalue weighted by atomic mass is 10.3. The quantitative estimate of drug-likeness (QED) is 0.807. The van der Waals surface area contributed by atoms with Gasteiger partial charge in [-0.2, -0.15) is 0 Å². The van der Waals surface area contributed by atoms with E-state index in [0.717, 1.165) is 0 Å². The van der Waals surface area contributed by atoms with Gasteiger partial charge in [-0.3, -0.25) is 5.32 Å². The summed E-state index contributed by atoms with van der Waals surface area (Å²) < 4.78 is 26.4. The molecular formula is C9H10ClNO5S. The third kappa shape index (κ3) is 4.59. The van der Waals surface area contributed by atoms with E-state index in [-0.39, 0.29) is 18.1 Å². The van der Waals surface area contributed by atoms with E-state index in [0.29, 0.717) is 5.69 Å². The minimum absolute atomic E-state index is 0.0616. The van der Waals surface area contributed by atoms with Crippen LogP contribution in [0.25, 0.3) is 0 Å². The fraction of sp³-hybridized carbons (Fsp3) is 0.222. The zero-order chi connectivity index (χ0) is 12.9. The molecule has 0 saturated carbocycles. The molecule has 0 radical (unpaired) electrons. The van der Waals surface area contributed by atoms with E-state index in [1.807, 2.05) is 0 Å². The van der Waals surface area contributed by atoms with Gasteiger partial charge in [0.05, 0.1) is 11.5 Å². The van der Waals surface area contributed by atoms with Crippen molar-refractivity contribution >= 4 is 31.5 Å². The van der Waals surface area contributed by atoms with Gasteiger partial charge in [-0.1, -0.05) is 0 Å². The number of rotatable bonds is 4. The molecule has 0 unspecified atom stereocenters. The molecule has 0 aromatic heterocycles. The van der Waals surface area contributed by atoms with Gasteiger partial charge in [0.2, 0.25) is 0 Å². The van der Waals surface area contributed by atoms with Crippen LogP contribution in [-0.2, 0) is 13.8 Å². The summed E-state index contributed by atoms with van der Waals surface area (Å²) in [4.78, 5) is 11.0. The Kier molecular flexibility index (Phi) is 4.73. The average molecular weight is 280 g/mol. The number of anilines is 1. The Morgan fingerprint density at radius 1 is 1.35 bits per heavy atom. The van der Waals surface area contributed by atoms with E-state index in [1.54, 1.807) is 0 Å². The minimum atomic E-state index is -3.77. The average Bonchev–Trinajstić information content (AvgIpc) is 2.26. The monoisotopic (exact) mass is 279 g/mol. The van der Waals surface area contributed by atoms with Gasteiger partial charge in [0, 0.05) is 16.4 Å². The maximum Gasteiger partial charge on any atom is 0.411 e. The van der Waals surface area contributed by atoms with Gasteiger partial charge < -0.3 is 9.84 Å². The fourth-order valence-electron chi connectivity index (χ4n) is 0.993. The zero-order valence-electron chi connectivity index (χ0n) is 8.59. The van der Waals surface area contributed by atoms with Gasteiger partial charge in [0.25, 0.3) is 9.05 Å². The highest BCUT2D eigenvalue weighted by atomic mass is 35.7. The summed E-state index contributed by atoms with van der Waals surface area (Å²) in [6, 6.07) is 5.25. The van der Waals surface area contributed by atoms with Crippen molar-refractivity contribution < 1.29 is 23.1 Å². The first-order valence-corrected chi connectivity index (χ1v) is 6.84. The number of aliphatic hydroxyl groups is 1. The second kappa shape index (κ2) is 5.85. The lowest BCUT2D eigenvalue weighted by Gasteiger charge is -2.05. The Bertz CT molecular complexity index is 485. The molecule has 0 aliphatic carbocycles. The first kappa shape index (κ1) is 13.8. The first-order valence-electron chi connectivity index (χ1n) is 4.53. The molecule has 1 amide bonds. The summed E-state index contributed by atoms with van der Waals surface area (Å²) in [6.07, 6.45) is -0.736. The second-order valence-electron chi connectivity index (χ2n) is 2.95. The molecule has 0 spiro atoms. The number of aliphatic hydroxyl groups excluding tert-OH is 1. The Hall–Kier alpha value is -1.31. The summed E-state index contributed by atoms with van der Waals surface area (Å²) in [6.45, 7) is -0.378. The van der Waals surface area contributed by atoms with Gasteiger partial charge in [0.1, 0.15) is 6.61 Å². The number of carbonyl (C=O) groups is 1. The van der Waals surface area contributed by atoms with Crippen LogP contribution in [0.1, 0.15) is 0 Å². The molecule has 0 atom stereocenters. The van der Waals surface area contributed by atoms with Gasteiger partial charge in [-0.15, -0.1) is 0 Å². The van der Waals surface area contributed by atoms with Crippen LogP contribution in [0, 0.1) is 0 Å². The van der Waals surface area contributed by atoms with Gasteiger partial charge in [-0.05, 0) is 24.3 Å². The Morgan fingerprint density at radius 2 is 1.94 bits per heavy atom. The van der Waals surface area contributed by atoms with Gasteiger partial charge in [0.15, 0.2) is 0 Å². The standard InChI is InChI=1S/C9H10ClNO5S/c10-17(14,15)8-3-1-7(2-4-8)11-9(13)16-6-5-12/h1-4,12H,5-6H2,(H,11,13). The number of carbonyl (C=O) groups excluding carboxylic acids is 1. The van der Waals surface area contributed by atoms with Gasteiger partial charge >= 0.3 is 6.09 Å². The molecule has 0 fully saturated rings. The van der Waals surface area contributed by atoms with Crippen LogP contribution in [0.3, 0.4) is 0 Å². The molecule has 0 saturated heterocycles. The predicted molar refractivity (Wildman–Crippen MR) is 61.5 cm³/mol. The summed E-state index contributed by atoms with van der Waals surface area (Å²) in [5.74, 6) is 0. The summed E-state index contributed by atoms with van der Waals surface area (Å²) >= 11 is 0. The lowest BCUT2D eigenvalue weighted by molar-refractivity contribution is 0.131. The van der Waals surface area contributed by atoms with Crippen molar-refractivity contribution in [2.45, 2.75) is 4.90 Å². The van der Waals surface area contributed by atoms with Crippen LogP contribution in [0.2, 0.25) is 0 Å². The van der Waals surface area contributed by atoms with Crippen LogP contribution in [0.4, 0.5) is 10.5 Å². The topological polar surface area (TPSA) is 92.7 Å². The lowest BCUT2D eigenvalue weighted by Crippen LogP contribution is -2.15. The van der Waals surface area contributed by atoms with Crippen LogP contribution in [-0.4, -0.2) is 32.8 Å². The van der Waals surface area contributed by atoms with E-state index in [2.05, 4.69) is 10.1 Å². The number of hydrogen-bond acceptors (Lipinski definition) is 5. The highest BCUT2D eigenvalue weighted by Crippen LogP contribution is 2.17. The molecule has 6 nitrogen and oxygen atoms in total. The Labute approximate surface area is 103 Å².